The normalized spacial score (nSPS) is 12.3. The number of rotatable bonds is 3. The van der Waals surface area contributed by atoms with Crippen LogP contribution < -0.4 is 4.74 Å². The Morgan fingerprint density at radius 1 is 0.952 bits per heavy atom. The molecule has 1 N–H and O–H groups in total. The molecule has 0 spiro atoms. The Balaban J connectivity index is 2.05. The summed E-state index contributed by atoms with van der Waals surface area (Å²) in [6, 6.07) is 19.7. The maximum absolute atomic E-state index is 10.7. The van der Waals surface area contributed by atoms with E-state index in [4.69, 9.17) is 4.74 Å². The molecule has 0 radical (unpaired) electrons. The number of ether oxygens (including phenoxy) is 1. The van der Waals surface area contributed by atoms with Gasteiger partial charge in [0.05, 0.1) is 7.11 Å². The van der Waals surface area contributed by atoms with Gasteiger partial charge in [0, 0.05) is 10.0 Å². The van der Waals surface area contributed by atoms with Crippen molar-refractivity contribution in [3.8, 4) is 5.75 Å². The third-order valence-electron chi connectivity index (χ3n) is 3.59. The highest BCUT2D eigenvalue weighted by molar-refractivity contribution is 9.10. The van der Waals surface area contributed by atoms with Crippen molar-refractivity contribution in [2.75, 3.05) is 7.11 Å². The smallest absolute Gasteiger partial charge is 0.119 e. The number of halogens is 1. The molecule has 3 rings (SSSR count). The second-order valence-electron chi connectivity index (χ2n) is 4.90. The molecule has 0 fully saturated rings. The van der Waals surface area contributed by atoms with Gasteiger partial charge in [-0.2, -0.15) is 0 Å². The fraction of sp³-hybridized carbons (Fsp3) is 0.111. The van der Waals surface area contributed by atoms with E-state index in [1.807, 2.05) is 54.6 Å². The van der Waals surface area contributed by atoms with Crippen molar-refractivity contribution in [3.63, 3.8) is 0 Å². The lowest BCUT2D eigenvalue weighted by Gasteiger charge is -2.15. The van der Waals surface area contributed by atoms with Crippen molar-refractivity contribution in [1.29, 1.82) is 0 Å². The molecule has 0 heterocycles. The maximum atomic E-state index is 10.7. The van der Waals surface area contributed by atoms with Gasteiger partial charge in [-0.15, -0.1) is 0 Å². The predicted octanol–water partition coefficient (Wildman–Crippen LogP) is 4.69. The molecule has 0 aliphatic heterocycles. The van der Waals surface area contributed by atoms with Crippen LogP contribution in [0.5, 0.6) is 5.75 Å². The lowest BCUT2D eigenvalue weighted by molar-refractivity contribution is 0.219. The van der Waals surface area contributed by atoms with Crippen molar-refractivity contribution in [3.05, 3.63) is 76.3 Å². The van der Waals surface area contributed by atoms with Crippen LogP contribution in [-0.2, 0) is 0 Å². The molecule has 0 bridgehead atoms. The van der Waals surface area contributed by atoms with Crippen LogP contribution in [0.2, 0.25) is 0 Å². The quantitative estimate of drug-likeness (QED) is 0.747. The van der Waals surface area contributed by atoms with Crippen molar-refractivity contribution in [2.45, 2.75) is 6.10 Å². The predicted molar refractivity (Wildman–Crippen MR) is 88.7 cm³/mol. The molecule has 0 aliphatic rings. The first kappa shape index (κ1) is 14.1. The topological polar surface area (TPSA) is 29.5 Å². The van der Waals surface area contributed by atoms with Crippen LogP contribution in [-0.4, -0.2) is 12.2 Å². The molecule has 1 unspecified atom stereocenters. The molecule has 0 saturated heterocycles. The second kappa shape index (κ2) is 5.88. The maximum Gasteiger partial charge on any atom is 0.119 e. The molecule has 1 atom stereocenters. The molecule has 3 aromatic rings. The molecule has 0 aliphatic carbocycles. The zero-order valence-electron chi connectivity index (χ0n) is 11.6. The number of aliphatic hydroxyl groups is 1. The Morgan fingerprint density at radius 3 is 2.48 bits per heavy atom. The van der Waals surface area contributed by atoms with Crippen LogP contribution in [0, 0.1) is 0 Å². The number of hydrogen-bond acceptors (Lipinski definition) is 2. The molecule has 0 aromatic heterocycles. The van der Waals surface area contributed by atoms with E-state index < -0.39 is 6.10 Å². The molecule has 106 valence electrons. The Labute approximate surface area is 132 Å². The molecule has 0 saturated carbocycles. The molecule has 2 nitrogen and oxygen atoms in total. The van der Waals surface area contributed by atoms with E-state index in [9.17, 15) is 5.11 Å². The Hall–Kier alpha value is -1.84. The third-order valence-corrected chi connectivity index (χ3v) is 4.31. The van der Waals surface area contributed by atoms with Gasteiger partial charge in [-0.25, -0.2) is 0 Å². The zero-order valence-corrected chi connectivity index (χ0v) is 13.2. The van der Waals surface area contributed by atoms with Crippen molar-refractivity contribution < 1.29 is 9.84 Å². The summed E-state index contributed by atoms with van der Waals surface area (Å²) < 4.78 is 6.10. The molecule has 21 heavy (non-hydrogen) atoms. The number of benzene rings is 3. The first-order chi connectivity index (χ1) is 10.2. The van der Waals surface area contributed by atoms with E-state index in [-0.39, 0.29) is 0 Å². The Kier molecular flexibility index (Phi) is 3.95. The molecular formula is C18H15BrO2. The fourth-order valence-electron chi connectivity index (χ4n) is 2.42. The second-order valence-corrected chi connectivity index (χ2v) is 5.75. The molecular weight excluding hydrogens is 328 g/mol. The third kappa shape index (κ3) is 2.80. The van der Waals surface area contributed by atoms with E-state index in [2.05, 4.69) is 22.0 Å². The lowest BCUT2D eigenvalue weighted by atomic mass is 9.98. The fourth-order valence-corrected chi connectivity index (χ4v) is 2.88. The summed E-state index contributed by atoms with van der Waals surface area (Å²) in [5.41, 5.74) is 1.66. The largest absolute Gasteiger partial charge is 0.497 e. The summed E-state index contributed by atoms with van der Waals surface area (Å²) in [5, 5.41) is 13.0. The van der Waals surface area contributed by atoms with Gasteiger partial charge in [-0.3, -0.25) is 0 Å². The van der Waals surface area contributed by atoms with Crippen molar-refractivity contribution in [1.82, 2.24) is 0 Å². The van der Waals surface area contributed by atoms with E-state index in [0.29, 0.717) is 0 Å². The Bertz CT molecular complexity index is 783. The monoisotopic (exact) mass is 342 g/mol. The highest BCUT2D eigenvalue weighted by Gasteiger charge is 2.15. The van der Waals surface area contributed by atoms with E-state index in [0.717, 1.165) is 32.1 Å². The molecule has 0 amide bonds. The van der Waals surface area contributed by atoms with Crippen molar-refractivity contribution in [2.24, 2.45) is 0 Å². The van der Waals surface area contributed by atoms with E-state index >= 15 is 0 Å². The summed E-state index contributed by atoms with van der Waals surface area (Å²) in [6.45, 7) is 0. The Morgan fingerprint density at radius 2 is 1.71 bits per heavy atom. The van der Waals surface area contributed by atoms with Crippen LogP contribution in [0.4, 0.5) is 0 Å². The average molecular weight is 343 g/mol. The number of fused-ring (bicyclic) bond motifs is 1. The van der Waals surface area contributed by atoms with Crippen LogP contribution >= 0.6 is 15.9 Å². The van der Waals surface area contributed by atoms with Gasteiger partial charge in [-0.1, -0.05) is 52.3 Å². The number of methoxy groups -OCH3 is 1. The standard InChI is InChI=1S/C18H15BrO2/c1-21-15-8-9-17(19)16(11-15)18(20)14-7-6-12-4-2-3-5-13(12)10-14/h2-11,18,20H,1H3. The van der Waals surface area contributed by atoms with Gasteiger partial charge < -0.3 is 9.84 Å². The minimum atomic E-state index is -0.695. The van der Waals surface area contributed by atoms with Gasteiger partial charge in [0.1, 0.15) is 11.9 Å². The van der Waals surface area contributed by atoms with Gasteiger partial charge in [-0.05, 0) is 40.6 Å². The first-order valence-electron chi connectivity index (χ1n) is 6.69. The first-order valence-corrected chi connectivity index (χ1v) is 7.48. The average Bonchev–Trinajstić information content (AvgIpc) is 2.54. The van der Waals surface area contributed by atoms with Gasteiger partial charge in [0.25, 0.3) is 0 Å². The summed E-state index contributed by atoms with van der Waals surface area (Å²) in [6.07, 6.45) is -0.695. The van der Waals surface area contributed by atoms with Crippen LogP contribution in [0.25, 0.3) is 10.8 Å². The highest BCUT2D eigenvalue weighted by Crippen LogP contribution is 2.32. The number of hydrogen-bond donors (Lipinski definition) is 1. The van der Waals surface area contributed by atoms with Crippen molar-refractivity contribution >= 4 is 26.7 Å². The number of aliphatic hydroxyl groups excluding tert-OH is 1. The van der Waals surface area contributed by atoms with Crippen LogP contribution in [0.15, 0.2) is 65.1 Å². The van der Waals surface area contributed by atoms with Gasteiger partial charge >= 0.3 is 0 Å². The lowest BCUT2D eigenvalue weighted by Crippen LogP contribution is -2.01. The molecule has 3 aromatic carbocycles. The van der Waals surface area contributed by atoms with Gasteiger partial charge in [0.2, 0.25) is 0 Å². The van der Waals surface area contributed by atoms with Gasteiger partial charge in [0.15, 0.2) is 0 Å². The van der Waals surface area contributed by atoms with Crippen LogP contribution in [0.1, 0.15) is 17.2 Å². The molecule has 3 heteroatoms. The van der Waals surface area contributed by atoms with Crippen LogP contribution in [0.3, 0.4) is 0 Å². The zero-order chi connectivity index (χ0) is 14.8. The van der Waals surface area contributed by atoms with E-state index in [1.165, 1.54) is 0 Å². The highest BCUT2D eigenvalue weighted by atomic mass is 79.9. The summed E-state index contributed by atoms with van der Waals surface area (Å²) in [7, 11) is 1.62. The minimum absolute atomic E-state index is 0.695. The SMILES string of the molecule is COc1ccc(Br)c(C(O)c2ccc3ccccc3c2)c1. The summed E-state index contributed by atoms with van der Waals surface area (Å²) in [4.78, 5) is 0. The summed E-state index contributed by atoms with van der Waals surface area (Å²) in [5.74, 6) is 0.730. The minimum Gasteiger partial charge on any atom is -0.497 e. The van der Waals surface area contributed by atoms with E-state index in [1.54, 1.807) is 7.11 Å². The summed E-state index contributed by atoms with van der Waals surface area (Å²) >= 11 is 3.49.